The molecule has 160 valence electrons. The van der Waals surface area contributed by atoms with Crippen LogP contribution in [0.3, 0.4) is 0 Å². The summed E-state index contributed by atoms with van der Waals surface area (Å²) in [7, 11) is 2.08. The first-order chi connectivity index (χ1) is 14.5. The van der Waals surface area contributed by atoms with Crippen molar-refractivity contribution in [3.63, 3.8) is 0 Å². The Labute approximate surface area is 175 Å². The van der Waals surface area contributed by atoms with Crippen molar-refractivity contribution in [2.24, 2.45) is 5.41 Å². The fourth-order valence-electron chi connectivity index (χ4n) is 5.14. The van der Waals surface area contributed by atoms with Gasteiger partial charge in [0.2, 0.25) is 17.7 Å². The van der Waals surface area contributed by atoms with Crippen LogP contribution in [0.5, 0.6) is 0 Å². The Morgan fingerprint density at radius 2 is 1.97 bits per heavy atom. The van der Waals surface area contributed by atoms with E-state index in [0.717, 1.165) is 58.0 Å². The quantitative estimate of drug-likeness (QED) is 0.766. The summed E-state index contributed by atoms with van der Waals surface area (Å²) < 4.78 is 24.9. The van der Waals surface area contributed by atoms with Gasteiger partial charge in [-0.15, -0.1) is 10.2 Å². The summed E-state index contributed by atoms with van der Waals surface area (Å²) in [4.78, 5) is 16.7. The van der Waals surface area contributed by atoms with Crippen LogP contribution in [0.1, 0.15) is 48.6 Å². The van der Waals surface area contributed by atoms with Crippen molar-refractivity contribution in [1.82, 2.24) is 20.0 Å². The molecule has 8 heteroatoms. The van der Waals surface area contributed by atoms with Gasteiger partial charge in [-0.25, -0.2) is 4.39 Å². The highest BCUT2D eigenvalue weighted by molar-refractivity contribution is 5.79. The molecule has 1 unspecified atom stereocenters. The molecule has 0 N–H and O–H groups in total. The van der Waals surface area contributed by atoms with Crippen molar-refractivity contribution in [3.8, 4) is 0 Å². The molecule has 0 bridgehead atoms. The fraction of sp³-hybridized carbons (Fsp3) is 0.591. The van der Waals surface area contributed by atoms with E-state index in [9.17, 15) is 9.18 Å². The highest BCUT2D eigenvalue weighted by Gasteiger charge is 2.53. The number of carbonyl (C=O) groups is 1. The molecule has 1 atom stereocenters. The zero-order valence-electron chi connectivity index (χ0n) is 17.2. The number of nitrogens with zero attached hydrogens (tertiary/aromatic N) is 4. The molecule has 7 nitrogen and oxygen atoms in total. The van der Waals surface area contributed by atoms with Crippen LogP contribution in [0.25, 0.3) is 0 Å². The van der Waals surface area contributed by atoms with E-state index in [1.165, 1.54) is 12.1 Å². The average molecular weight is 414 g/mol. The minimum Gasteiger partial charge on any atom is -0.423 e. The van der Waals surface area contributed by atoms with Crippen molar-refractivity contribution in [3.05, 3.63) is 47.4 Å². The van der Waals surface area contributed by atoms with Gasteiger partial charge >= 0.3 is 0 Å². The molecule has 1 aromatic carbocycles. The standard InChI is InChI=1S/C22H27FN4O3/c1-26-12-22(13-27(14-22)19(28)10-15-3-2-4-17(23)9-15)11-18(26)21-25-24-20(30-21)16-5-7-29-8-6-16/h2-4,9,16,18H,5-8,10-14H2,1H3. The van der Waals surface area contributed by atoms with Crippen molar-refractivity contribution in [2.45, 2.75) is 37.6 Å². The van der Waals surface area contributed by atoms with E-state index in [0.29, 0.717) is 17.4 Å². The number of ether oxygens (including phenoxy) is 1. The Bertz CT molecular complexity index is 921. The van der Waals surface area contributed by atoms with Crippen molar-refractivity contribution in [1.29, 1.82) is 0 Å². The Kier molecular flexibility index (Phi) is 5.06. The van der Waals surface area contributed by atoms with Crippen LogP contribution in [0, 0.1) is 11.2 Å². The second-order valence-electron chi connectivity index (χ2n) is 9.06. The van der Waals surface area contributed by atoms with Crippen LogP contribution in [0.2, 0.25) is 0 Å². The second-order valence-corrected chi connectivity index (χ2v) is 9.06. The highest BCUT2D eigenvalue weighted by atomic mass is 19.1. The third-order valence-electron chi connectivity index (χ3n) is 6.70. The summed E-state index contributed by atoms with van der Waals surface area (Å²) >= 11 is 0. The molecule has 4 heterocycles. The van der Waals surface area contributed by atoms with Crippen LogP contribution >= 0.6 is 0 Å². The molecule has 5 rings (SSSR count). The van der Waals surface area contributed by atoms with Crippen LogP contribution in [0.4, 0.5) is 4.39 Å². The Hall–Kier alpha value is -2.32. The lowest BCUT2D eigenvalue weighted by Crippen LogP contribution is -2.59. The van der Waals surface area contributed by atoms with Crippen LogP contribution < -0.4 is 0 Å². The highest BCUT2D eigenvalue weighted by Crippen LogP contribution is 2.47. The van der Waals surface area contributed by atoms with E-state index in [1.54, 1.807) is 12.1 Å². The van der Waals surface area contributed by atoms with E-state index in [2.05, 4.69) is 22.1 Å². The minimum absolute atomic E-state index is 0.0527. The molecule has 1 aromatic heterocycles. The smallest absolute Gasteiger partial charge is 0.233 e. The monoisotopic (exact) mass is 414 g/mol. The van der Waals surface area contributed by atoms with Gasteiger partial charge in [-0.05, 0) is 44.0 Å². The maximum atomic E-state index is 13.4. The summed E-state index contributed by atoms with van der Waals surface area (Å²) in [6.07, 6.45) is 3.00. The van der Waals surface area contributed by atoms with Crippen molar-refractivity contribution < 1.29 is 18.3 Å². The first-order valence-corrected chi connectivity index (χ1v) is 10.6. The number of hydrogen-bond donors (Lipinski definition) is 0. The lowest BCUT2D eigenvalue weighted by Gasteiger charge is -2.48. The van der Waals surface area contributed by atoms with Crippen LogP contribution in [0.15, 0.2) is 28.7 Å². The summed E-state index contributed by atoms with van der Waals surface area (Å²) in [5.74, 6) is 1.45. The lowest BCUT2D eigenvalue weighted by atomic mass is 9.77. The van der Waals surface area contributed by atoms with Gasteiger partial charge in [0.1, 0.15) is 5.82 Å². The SMILES string of the molecule is CN1CC2(CC1c1nnc(C3CCOCC3)o1)CN(C(=O)Cc1cccc(F)c1)C2. The van der Waals surface area contributed by atoms with Gasteiger partial charge in [0, 0.05) is 44.2 Å². The zero-order chi connectivity index (χ0) is 20.7. The molecule has 3 saturated heterocycles. The number of aromatic nitrogens is 2. The summed E-state index contributed by atoms with van der Waals surface area (Å²) in [6.45, 7) is 3.84. The minimum atomic E-state index is -0.305. The molecule has 2 aromatic rings. The number of likely N-dealkylation sites (tertiary alicyclic amines) is 2. The number of halogens is 1. The molecule has 3 aliphatic heterocycles. The number of rotatable bonds is 4. The molecule has 0 aliphatic carbocycles. The number of amides is 1. The molecule has 0 radical (unpaired) electrons. The molecule has 30 heavy (non-hydrogen) atoms. The molecule has 1 amide bonds. The largest absolute Gasteiger partial charge is 0.423 e. The fourth-order valence-corrected chi connectivity index (χ4v) is 5.14. The summed E-state index contributed by atoms with van der Waals surface area (Å²) in [6, 6.07) is 6.35. The number of hydrogen-bond acceptors (Lipinski definition) is 6. The zero-order valence-corrected chi connectivity index (χ0v) is 17.2. The van der Waals surface area contributed by atoms with Gasteiger partial charge in [0.25, 0.3) is 0 Å². The van der Waals surface area contributed by atoms with Gasteiger partial charge in [-0.2, -0.15) is 0 Å². The average Bonchev–Trinajstić information content (AvgIpc) is 3.32. The molecule has 1 spiro atoms. The third kappa shape index (κ3) is 3.74. The number of carbonyl (C=O) groups excluding carboxylic acids is 1. The van der Waals surface area contributed by atoms with Crippen molar-refractivity contribution >= 4 is 5.91 Å². The van der Waals surface area contributed by atoms with Crippen LogP contribution in [-0.2, 0) is 16.0 Å². The summed E-state index contributed by atoms with van der Waals surface area (Å²) in [5, 5.41) is 8.66. The first-order valence-electron chi connectivity index (χ1n) is 10.6. The lowest BCUT2D eigenvalue weighted by molar-refractivity contribution is -0.141. The van der Waals surface area contributed by atoms with Crippen LogP contribution in [-0.4, -0.2) is 65.8 Å². The predicted octanol–water partition coefficient (Wildman–Crippen LogP) is 2.55. The molecular weight excluding hydrogens is 387 g/mol. The Morgan fingerprint density at radius 1 is 1.20 bits per heavy atom. The topological polar surface area (TPSA) is 71.7 Å². The molecule has 3 fully saturated rings. The van der Waals surface area contributed by atoms with E-state index in [4.69, 9.17) is 9.15 Å². The molecule has 3 aliphatic rings. The van der Waals surface area contributed by atoms with E-state index in [-0.39, 0.29) is 29.6 Å². The van der Waals surface area contributed by atoms with Gasteiger partial charge in [0.05, 0.1) is 12.5 Å². The maximum absolute atomic E-state index is 13.4. The third-order valence-corrected chi connectivity index (χ3v) is 6.70. The first kappa shape index (κ1) is 19.6. The van der Waals surface area contributed by atoms with Gasteiger partial charge in [-0.1, -0.05) is 12.1 Å². The van der Waals surface area contributed by atoms with Crippen molar-refractivity contribution in [2.75, 3.05) is 39.9 Å². The number of benzene rings is 1. The predicted molar refractivity (Wildman–Crippen MR) is 106 cm³/mol. The Balaban J connectivity index is 1.19. The molecule has 0 saturated carbocycles. The molecular formula is C22H27FN4O3. The summed E-state index contributed by atoms with van der Waals surface area (Å²) in [5.41, 5.74) is 0.790. The van der Waals surface area contributed by atoms with Gasteiger partial charge in [-0.3, -0.25) is 9.69 Å². The maximum Gasteiger partial charge on any atom is 0.233 e. The van der Waals surface area contributed by atoms with E-state index in [1.807, 2.05) is 4.90 Å². The second kappa shape index (κ2) is 7.74. The normalized spacial score (nSPS) is 24.3. The van der Waals surface area contributed by atoms with E-state index < -0.39 is 0 Å². The Morgan fingerprint density at radius 3 is 2.73 bits per heavy atom. The van der Waals surface area contributed by atoms with E-state index >= 15 is 0 Å². The van der Waals surface area contributed by atoms with Gasteiger partial charge in [0.15, 0.2) is 0 Å². The van der Waals surface area contributed by atoms with Gasteiger partial charge < -0.3 is 14.1 Å².